The van der Waals surface area contributed by atoms with E-state index in [9.17, 15) is 4.79 Å². The number of nitrogens with zero attached hydrogens (tertiary/aromatic N) is 2. The number of ether oxygens (including phenoxy) is 1. The zero-order valence-corrected chi connectivity index (χ0v) is 7.69. The molecule has 1 aliphatic heterocycles. The van der Waals surface area contributed by atoms with E-state index in [2.05, 4.69) is 20.5 Å². The van der Waals surface area contributed by atoms with E-state index < -0.39 is 0 Å². The van der Waals surface area contributed by atoms with E-state index in [0.717, 1.165) is 25.6 Å². The normalized spacial score (nSPS) is 21.0. The van der Waals surface area contributed by atoms with Crippen LogP contribution in [0.15, 0.2) is 11.0 Å². The Kier molecular flexibility index (Phi) is 2.73. The van der Waals surface area contributed by atoms with Crippen LogP contribution < -0.4 is 10.9 Å². The van der Waals surface area contributed by atoms with Crippen molar-refractivity contribution < 1.29 is 4.74 Å². The lowest BCUT2D eigenvalue weighted by atomic mass is 10.2. The molecule has 1 fully saturated rings. The van der Waals surface area contributed by atoms with E-state index in [1.54, 1.807) is 0 Å². The third-order valence-electron chi connectivity index (χ3n) is 2.10. The summed E-state index contributed by atoms with van der Waals surface area (Å²) in [6.45, 7) is 1.48. The van der Waals surface area contributed by atoms with Gasteiger partial charge in [0, 0.05) is 13.2 Å². The van der Waals surface area contributed by atoms with Gasteiger partial charge in [0.1, 0.15) is 6.20 Å². The molecule has 14 heavy (non-hydrogen) atoms. The van der Waals surface area contributed by atoms with Crippen LogP contribution in [0.3, 0.4) is 0 Å². The molecular weight excluding hydrogens is 184 g/mol. The van der Waals surface area contributed by atoms with Crippen LogP contribution in [0, 0.1) is 0 Å². The lowest BCUT2D eigenvalue weighted by Crippen LogP contribution is -2.21. The van der Waals surface area contributed by atoms with Crippen molar-refractivity contribution in [3.8, 4) is 0 Å². The van der Waals surface area contributed by atoms with Crippen molar-refractivity contribution in [3.63, 3.8) is 0 Å². The third-order valence-corrected chi connectivity index (χ3v) is 2.10. The Balaban J connectivity index is 1.88. The van der Waals surface area contributed by atoms with Gasteiger partial charge in [-0.05, 0) is 12.8 Å². The minimum atomic E-state index is -0.255. The molecule has 0 amide bonds. The number of H-pyrrole nitrogens is 1. The van der Waals surface area contributed by atoms with Crippen LogP contribution in [0.5, 0.6) is 0 Å². The Labute approximate surface area is 80.7 Å². The summed E-state index contributed by atoms with van der Waals surface area (Å²) in [5.74, 6) is 0.396. The first-order valence-electron chi connectivity index (χ1n) is 4.62. The summed E-state index contributed by atoms with van der Waals surface area (Å²) in [4.78, 5) is 13.4. The smallest absolute Gasteiger partial charge is 0.271 e. The second kappa shape index (κ2) is 4.19. The van der Waals surface area contributed by atoms with Gasteiger partial charge in [0.05, 0.1) is 6.10 Å². The number of nitrogens with one attached hydrogen (secondary N) is 2. The van der Waals surface area contributed by atoms with E-state index >= 15 is 0 Å². The fourth-order valence-corrected chi connectivity index (χ4v) is 1.41. The molecule has 0 bridgehead atoms. The Hall–Kier alpha value is -1.43. The van der Waals surface area contributed by atoms with Crippen molar-refractivity contribution in [1.29, 1.82) is 0 Å². The Morgan fingerprint density at radius 2 is 2.64 bits per heavy atom. The summed E-state index contributed by atoms with van der Waals surface area (Å²) >= 11 is 0. The standard InChI is InChI=1S/C8H12N4O2/c13-7-5-10-12-8(11-7)9-4-6-2-1-3-14-6/h5-6H,1-4H2,(H2,9,11,12,13)/t6-/m0/s1. The van der Waals surface area contributed by atoms with Crippen LogP contribution in [0.25, 0.3) is 0 Å². The van der Waals surface area contributed by atoms with Crippen molar-refractivity contribution in [2.24, 2.45) is 0 Å². The molecule has 0 spiro atoms. The molecule has 0 saturated carbocycles. The average molecular weight is 196 g/mol. The molecule has 6 nitrogen and oxygen atoms in total. The van der Waals surface area contributed by atoms with Gasteiger partial charge in [-0.1, -0.05) is 0 Å². The van der Waals surface area contributed by atoms with Crippen LogP contribution in [0.4, 0.5) is 5.95 Å². The van der Waals surface area contributed by atoms with Gasteiger partial charge in [0.15, 0.2) is 0 Å². The highest BCUT2D eigenvalue weighted by Gasteiger charge is 2.14. The quantitative estimate of drug-likeness (QED) is 0.697. The molecule has 6 heteroatoms. The van der Waals surface area contributed by atoms with Gasteiger partial charge < -0.3 is 10.1 Å². The highest BCUT2D eigenvalue weighted by molar-refractivity contribution is 5.20. The second-order valence-corrected chi connectivity index (χ2v) is 3.20. The van der Waals surface area contributed by atoms with Crippen molar-refractivity contribution in [1.82, 2.24) is 15.2 Å². The molecule has 0 unspecified atom stereocenters. The molecule has 1 atom stereocenters. The molecule has 0 aromatic carbocycles. The molecule has 1 aromatic rings. The molecule has 0 radical (unpaired) electrons. The van der Waals surface area contributed by atoms with E-state index in [4.69, 9.17) is 4.74 Å². The largest absolute Gasteiger partial charge is 0.376 e. The van der Waals surface area contributed by atoms with Crippen LogP contribution in [-0.2, 0) is 4.74 Å². The van der Waals surface area contributed by atoms with E-state index in [1.807, 2.05) is 0 Å². The van der Waals surface area contributed by atoms with Crippen LogP contribution >= 0.6 is 0 Å². The Bertz CT molecular complexity index is 345. The molecule has 76 valence electrons. The predicted molar refractivity (Wildman–Crippen MR) is 50.1 cm³/mol. The zero-order chi connectivity index (χ0) is 9.80. The van der Waals surface area contributed by atoms with Crippen LogP contribution in [-0.4, -0.2) is 34.4 Å². The molecule has 2 heterocycles. The maximum atomic E-state index is 10.9. The second-order valence-electron chi connectivity index (χ2n) is 3.20. The van der Waals surface area contributed by atoms with Crippen molar-refractivity contribution in [3.05, 3.63) is 16.6 Å². The topological polar surface area (TPSA) is 79.9 Å². The molecule has 2 rings (SSSR count). The lowest BCUT2D eigenvalue weighted by molar-refractivity contribution is 0.120. The number of aromatic nitrogens is 3. The summed E-state index contributed by atoms with van der Waals surface area (Å²) in [6.07, 6.45) is 3.51. The van der Waals surface area contributed by atoms with Gasteiger partial charge in [-0.3, -0.25) is 9.78 Å². The highest BCUT2D eigenvalue weighted by atomic mass is 16.5. The summed E-state index contributed by atoms with van der Waals surface area (Å²) in [5.41, 5.74) is -0.255. The predicted octanol–water partition coefficient (Wildman–Crippen LogP) is -0.244. The van der Waals surface area contributed by atoms with Gasteiger partial charge in [-0.25, -0.2) is 0 Å². The van der Waals surface area contributed by atoms with Crippen LogP contribution in [0.2, 0.25) is 0 Å². The van der Waals surface area contributed by atoms with Gasteiger partial charge >= 0.3 is 0 Å². The molecule has 2 N–H and O–H groups in total. The van der Waals surface area contributed by atoms with Crippen molar-refractivity contribution in [2.45, 2.75) is 18.9 Å². The molecular formula is C8H12N4O2. The SMILES string of the molecule is O=c1cnnc(NC[C@@H]2CCCO2)[nH]1. The summed E-state index contributed by atoms with van der Waals surface area (Å²) in [6, 6.07) is 0. The number of anilines is 1. The molecule has 1 aromatic heterocycles. The van der Waals surface area contributed by atoms with Gasteiger partial charge in [-0.2, -0.15) is 0 Å². The summed E-state index contributed by atoms with van der Waals surface area (Å²) < 4.78 is 5.40. The van der Waals surface area contributed by atoms with Gasteiger partial charge in [-0.15, -0.1) is 10.2 Å². The van der Waals surface area contributed by atoms with E-state index in [1.165, 1.54) is 0 Å². The fraction of sp³-hybridized carbons (Fsp3) is 0.625. The maximum absolute atomic E-state index is 10.9. The maximum Gasteiger partial charge on any atom is 0.271 e. The molecule has 1 aliphatic rings. The zero-order valence-electron chi connectivity index (χ0n) is 7.69. The number of hydrogen-bond acceptors (Lipinski definition) is 5. The number of aromatic amines is 1. The first-order valence-corrected chi connectivity index (χ1v) is 4.62. The van der Waals surface area contributed by atoms with Gasteiger partial charge in [0.2, 0.25) is 5.95 Å². The summed E-state index contributed by atoms with van der Waals surface area (Å²) in [5, 5.41) is 10.2. The molecule has 1 saturated heterocycles. The monoisotopic (exact) mass is 196 g/mol. The Morgan fingerprint density at radius 3 is 3.36 bits per heavy atom. The number of rotatable bonds is 3. The average Bonchev–Trinajstić information content (AvgIpc) is 2.67. The first kappa shape index (κ1) is 9.14. The first-order chi connectivity index (χ1) is 6.84. The van der Waals surface area contributed by atoms with E-state index in [-0.39, 0.29) is 11.7 Å². The minimum absolute atomic E-state index is 0.223. The van der Waals surface area contributed by atoms with Crippen molar-refractivity contribution >= 4 is 5.95 Å². The summed E-state index contributed by atoms with van der Waals surface area (Å²) in [7, 11) is 0. The van der Waals surface area contributed by atoms with E-state index in [0.29, 0.717) is 12.5 Å². The highest BCUT2D eigenvalue weighted by Crippen LogP contribution is 2.11. The third kappa shape index (κ3) is 2.29. The van der Waals surface area contributed by atoms with Gasteiger partial charge in [0.25, 0.3) is 5.56 Å². The Morgan fingerprint density at radius 1 is 1.71 bits per heavy atom. The lowest BCUT2D eigenvalue weighted by Gasteiger charge is -2.09. The fourth-order valence-electron chi connectivity index (χ4n) is 1.41. The van der Waals surface area contributed by atoms with Crippen LogP contribution in [0.1, 0.15) is 12.8 Å². The molecule has 0 aliphatic carbocycles. The van der Waals surface area contributed by atoms with Crippen molar-refractivity contribution in [2.75, 3.05) is 18.5 Å². The number of hydrogen-bond donors (Lipinski definition) is 2. The minimum Gasteiger partial charge on any atom is -0.376 e.